The second kappa shape index (κ2) is 57.7. The number of rotatable bonds is 50. The van der Waals surface area contributed by atoms with E-state index in [1.807, 2.05) is 120 Å². The van der Waals surface area contributed by atoms with Gasteiger partial charge in [-0.2, -0.15) is 52.7 Å². The summed E-state index contributed by atoms with van der Waals surface area (Å²) in [6.07, 6.45) is -6.62. The fourth-order valence-corrected chi connectivity index (χ4v) is 18.8. The lowest BCUT2D eigenvalue weighted by atomic mass is 9.90. The molecule has 0 saturated heterocycles. The first-order valence-corrected chi connectivity index (χ1v) is 50.8. The van der Waals surface area contributed by atoms with Crippen LogP contribution in [-0.2, 0) is 46.3 Å². The summed E-state index contributed by atoms with van der Waals surface area (Å²) in [5.74, 6) is -7.79. The van der Waals surface area contributed by atoms with Crippen LogP contribution in [0.4, 0.5) is 52.7 Å². The van der Waals surface area contributed by atoms with Crippen LogP contribution < -0.4 is 40.0 Å². The van der Waals surface area contributed by atoms with Gasteiger partial charge in [0, 0.05) is 51.1 Å². The highest BCUT2D eigenvalue weighted by atomic mass is 35.5. The topological polar surface area (TPSA) is 213 Å². The van der Waals surface area contributed by atoms with Gasteiger partial charge in [-0.1, -0.05) is 251 Å². The van der Waals surface area contributed by atoms with Crippen LogP contribution in [0.3, 0.4) is 0 Å². The summed E-state index contributed by atoms with van der Waals surface area (Å²) in [5, 5.41) is 8.25. The average Bonchev–Trinajstić information content (AvgIpc) is 0.796. The molecule has 34 heteroatoms. The fraction of sp³-hybridized carbons (Fsp3) is 0.371. The van der Waals surface area contributed by atoms with Crippen molar-refractivity contribution in [3.8, 4) is 23.0 Å². The molecule has 0 aromatic heterocycles. The number of nitrogens with zero attached hydrogens (tertiary/aromatic N) is 2. The molecule has 10 aromatic carbocycles. The third-order valence-corrected chi connectivity index (χ3v) is 28.4. The smallest absolute Gasteiger partial charge is 0.453 e. The third-order valence-electron chi connectivity index (χ3n) is 22.3. The van der Waals surface area contributed by atoms with E-state index in [9.17, 15) is 89.9 Å². The van der Waals surface area contributed by atoms with E-state index in [4.69, 9.17) is 58.2 Å². The molecule has 0 bridgehead atoms. The van der Waals surface area contributed by atoms with E-state index < -0.39 is 104 Å². The summed E-state index contributed by atoms with van der Waals surface area (Å²) < 4.78 is 200. The summed E-state index contributed by atoms with van der Waals surface area (Å²) in [6.45, 7) is 8.22. The van der Waals surface area contributed by atoms with Gasteiger partial charge in [0.1, 0.15) is 36.2 Å². The minimum absolute atomic E-state index is 0.0360. The van der Waals surface area contributed by atoms with Crippen molar-refractivity contribution in [2.45, 2.75) is 160 Å². The lowest BCUT2D eigenvalue weighted by molar-refractivity contribution is -0.177. The van der Waals surface area contributed by atoms with Crippen molar-refractivity contribution in [1.29, 1.82) is 0 Å². The Kier molecular flexibility index (Phi) is 47.8. The van der Waals surface area contributed by atoms with Gasteiger partial charge in [-0.15, -0.1) is 0 Å². The molecule has 0 heterocycles. The van der Waals surface area contributed by atoms with E-state index in [1.165, 1.54) is 115 Å². The number of unbranched alkanes of at least 4 members (excludes halogenated alkanes) is 9. The monoisotopic (exact) mass is 2030 g/mol. The molecule has 0 aliphatic carbocycles. The van der Waals surface area contributed by atoms with Gasteiger partial charge in [-0.05, 0) is 233 Å². The molecule has 0 aliphatic rings. The highest BCUT2D eigenvalue weighted by molar-refractivity contribution is 7.91. The number of hydrogen-bond donors (Lipinski definition) is 2. The third kappa shape index (κ3) is 42.6. The number of ketones is 4. The quantitative estimate of drug-likeness (QED) is 0.0206. The van der Waals surface area contributed by atoms with Crippen molar-refractivity contribution in [3.05, 3.63) is 320 Å². The Morgan fingerprint density at radius 1 is 0.396 bits per heavy atom. The lowest BCUT2D eigenvalue weighted by Gasteiger charge is -2.28. The molecule has 2 atom stereocenters. The van der Waals surface area contributed by atoms with Crippen LogP contribution in [0.5, 0.6) is 23.0 Å². The van der Waals surface area contributed by atoms with Crippen molar-refractivity contribution >= 4 is 98.3 Å². The van der Waals surface area contributed by atoms with Gasteiger partial charge < -0.3 is 43.8 Å². The Bertz CT molecular complexity index is 5360. The summed E-state index contributed by atoms with van der Waals surface area (Å²) in [6, 6.07) is 77.5. The van der Waals surface area contributed by atoms with Crippen molar-refractivity contribution in [1.82, 2.24) is 20.4 Å². The second-order valence-electron chi connectivity index (χ2n) is 33.4. The second-order valence-corrected chi connectivity index (χ2v) is 40.5. The zero-order valence-corrected chi connectivity index (χ0v) is 82.2. The minimum Gasteiger partial charge on any atom is -0.493 e. The van der Waals surface area contributed by atoms with Gasteiger partial charge in [0.2, 0.25) is 0 Å². The summed E-state index contributed by atoms with van der Waals surface area (Å²) >= 11 is 18.3. The van der Waals surface area contributed by atoms with E-state index in [2.05, 4.69) is 105 Å². The van der Waals surface area contributed by atoms with E-state index in [1.54, 1.807) is 36.4 Å². The number of aryl methyl sites for hydroxylation is 3. The molecule has 750 valence electrons. The van der Waals surface area contributed by atoms with Crippen molar-refractivity contribution < 1.29 is 113 Å². The number of nitrogens with one attached hydrogen (secondary N) is 2. The highest BCUT2D eigenvalue weighted by Crippen LogP contribution is 2.32. The zero-order chi connectivity index (χ0) is 102. The van der Waals surface area contributed by atoms with Gasteiger partial charge in [0.15, 0.2) is 22.5 Å². The zero-order valence-electron chi connectivity index (χ0n) is 78.1. The molecular weight excluding hydrogens is 1920 g/mol. The van der Waals surface area contributed by atoms with Gasteiger partial charge in [0.25, 0.3) is 43.3 Å². The maximum absolute atomic E-state index is 12.5. The Morgan fingerprint density at radius 2 is 0.741 bits per heavy atom. The van der Waals surface area contributed by atoms with Crippen LogP contribution in [-0.4, -0.2) is 184 Å². The molecule has 0 fully saturated rings. The van der Waals surface area contributed by atoms with E-state index in [0.717, 1.165) is 99.5 Å². The molecule has 0 saturated carbocycles. The molecule has 0 spiro atoms. The molecule has 0 radical (unpaired) electrons. The molecule has 139 heavy (non-hydrogen) atoms. The van der Waals surface area contributed by atoms with Gasteiger partial charge in [0.05, 0.1) is 31.2 Å². The highest BCUT2D eigenvalue weighted by Gasteiger charge is 2.44. The summed E-state index contributed by atoms with van der Waals surface area (Å²) in [5.41, 5.74) is 8.29. The number of carbonyl (C=O) groups excluding carboxylic acids is 6. The molecule has 10 rings (SSSR count). The van der Waals surface area contributed by atoms with Gasteiger partial charge in [-0.25, -0.2) is 8.42 Å². The maximum Gasteiger partial charge on any atom is 0.453 e. The Labute approximate surface area is 821 Å². The number of likely N-dealkylation sites (N-methyl/N-ethyl adjacent to an activating group) is 2. The number of carbonyl (C=O) groups is 6. The summed E-state index contributed by atoms with van der Waals surface area (Å²) in [7, 11) is -1.48. The Balaban J connectivity index is 0.000000252. The Morgan fingerprint density at radius 3 is 1.12 bits per heavy atom. The molecule has 17 nitrogen and oxygen atoms in total. The lowest BCUT2D eigenvalue weighted by Crippen LogP contribution is -2.58. The largest absolute Gasteiger partial charge is 0.493 e. The number of halogens is 15. The molecule has 1 unspecified atom stereocenters. The number of benzene rings is 10. The van der Waals surface area contributed by atoms with Crippen LogP contribution in [0.25, 0.3) is 0 Å². The van der Waals surface area contributed by atoms with Crippen LogP contribution in [0.1, 0.15) is 162 Å². The predicted molar refractivity (Wildman–Crippen MR) is 522 cm³/mol. The number of Topliss-reactive ketones (excluding diaryl/α,β-unsaturated/α-hetero) is 4. The van der Waals surface area contributed by atoms with Crippen molar-refractivity contribution in [2.75, 3.05) is 91.3 Å². The van der Waals surface area contributed by atoms with Crippen LogP contribution in [0, 0.1) is 6.92 Å². The van der Waals surface area contributed by atoms with E-state index in [0.29, 0.717) is 39.6 Å². The Hall–Kier alpha value is -10.9. The molecule has 10 aromatic rings. The van der Waals surface area contributed by atoms with Crippen LogP contribution in [0.2, 0.25) is 21.6 Å². The predicted octanol–water partition coefficient (Wildman–Crippen LogP) is 23.0. The summed E-state index contributed by atoms with van der Waals surface area (Å²) in [4.78, 5) is 72.2. The van der Waals surface area contributed by atoms with E-state index >= 15 is 0 Å². The molecular formula is C105H117Cl3F12N4O13SSi. The fourth-order valence-electron chi connectivity index (χ4n) is 14.4. The van der Waals surface area contributed by atoms with Gasteiger partial charge >= 0.3 is 24.7 Å². The van der Waals surface area contributed by atoms with Gasteiger partial charge in [-0.3, -0.25) is 28.8 Å². The number of sulfone groups is 1. The van der Waals surface area contributed by atoms with Crippen molar-refractivity contribution in [3.63, 3.8) is 0 Å². The maximum atomic E-state index is 12.5. The normalized spacial score (nSPS) is 12.2. The first kappa shape index (κ1) is 115. The first-order chi connectivity index (χ1) is 65.9. The first-order valence-electron chi connectivity index (χ1n) is 45.5. The number of ether oxygens (including phenoxy) is 4. The SMILES string of the molecule is CCCCCCCCCCCCS(=O)(=O)CCOc1ccc(C(=O)NCC(=O)C(F)(F)F)cc1.CN(CCCc1ccc(OCC(=O)C(F)(F)F)cc1)CC(c1ccc(Cl)cc1)c1ccc(Cl)cc1.C[Si](OCCOc1ccc(C(=O)NCC(=O)C(F)(F)F)cc1)(c1ccccc1)c1ccccc1.Cc1ccc(C(CN(C)CCCc2ccc(O[C@H](C)C(=O)C(F)(F)F)cc2)c2ccc(Cl)cc2)cc1. The molecule has 2 N–H and O–H groups in total. The average molecular weight is 2040 g/mol. The minimum atomic E-state index is -5.00. The van der Waals surface area contributed by atoms with Crippen LogP contribution >= 0.6 is 34.8 Å². The van der Waals surface area contributed by atoms with Crippen LogP contribution in [0.15, 0.2) is 255 Å². The molecule has 0 aliphatic heterocycles. The number of alkyl halides is 12. The standard InChI is InChI=1S/C29H31ClF3NO2.C27H26Cl2F3NO2.C25H24F3NO4Si.C24H36F3NO5S/c1-20-6-10-23(11-7-20)27(24-12-14-25(30)15-13-24)19-34(3)18-4-5-22-8-16-26(17-9-22)36-21(2)28(35)29(31,32)33;1-33(16-2-3-19-4-14-24(15-5-19)35-18-26(34)27(30,31)32)17-25(20-6-10-22(28)11-7-20)21-8-12-23(29)13-9-21;1-34(21-8-4-2-5-9-21,22-10-6-3-7-11-22)33-17-16-32-20-14-12-19(13-15-20)24(31)29-18-23(30)25(26,27)28;1-2-3-4-5-6-7-8-9-10-11-17-34(31,32)18-16-33-21-14-12-20(13-15-21)23(30)28-19-22(29)24(25,26)27/h6-17,21,27H,4-5,18-19H2,1-3H3;4-15,25H,2-3,16-18H2,1H3;2-15H,16-18H2,1H3,(H,29,31);12-15H,2-11,16-19H2,1H3,(H,28,30)/t21-,27?;;;/m1.../s1. The van der Waals surface area contributed by atoms with E-state index in [-0.39, 0.29) is 59.2 Å². The number of hydrogen-bond acceptors (Lipinski definition) is 15. The number of amides is 2. The van der Waals surface area contributed by atoms with Crippen molar-refractivity contribution in [2.24, 2.45) is 0 Å². The molecule has 2 amide bonds.